The summed E-state index contributed by atoms with van der Waals surface area (Å²) in [6, 6.07) is 0.533. The maximum Gasteiger partial charge on any atom is 0.0724 e. The van der Waals surface area contributed by atoms with Crippen LogP contribution in [0.3, 0.4) is 0 Å². The maximum absolute atomic E-state index is 6.32. The van der Waals surface area contributed by atoms with Crippen molar-refractivity contribution in [2.24, 2.45) is 0 Å². The lowest BCUT2D eigenvalue weighted by atomic mass is 9.99. The van der Waals surface area contributed by atoms with E-state index in [2.05, 4.69) is 11.8 Å². The predicted molar refractivity (Wildman–Crippen MR) is 61.0 cm³/mol. The van der Waals surface area contributed by atoms with Gasteiger partial charge in [0.1, 0.15) is 0 Å². The van der Waals surface area contributed by atoms with Gasteiger partial charge in [0.2, 0.25) is 0 Å². The van der Waals surface area contributed by atoms with E-state index in [9.17, 15) is 0 Å². The fourth-order valence-electron chi connectivity index (χ4n) is 2.26. The van der Waals surface area contributed by atoms with Gasteiger partial charge in [0.25, 0.3) is 0 Å². The molecular weight excluding hydrogens is 198 g/mol. The SMILES string of the molecule is CCCN1CCCCC1C(Cl)COC. The zero-order chi connectivity index (χ0) is 10.4. The topological polar surface area (TPSA) is 12.5 Å². The third-order valence-corrected chi connectivity index (χ3v) is 3.34. The zero-order valence-electron chi connectivity index (χ0n) is 9.34. The lowest BCUT2D eigenvalue weighted by molar-refractivity contribution is 0.107. The van der Waals surface area contributed by atoms with Crippen LogP contribution >= 0.6 is 11.6 Å². The molecule has 0 amide bonds. The molecule has 1 saturated heterocycles. The van der Waals surface area contributed by atoms with Crippen LogP contribution in [0.1, 0.15) is 32.6 Å². The van der Waals surface area contributed by atoms with E-state index >= 15 is 0 Å². The average molecular weight is 220 g/mol. The summed E-state index contributed by atoms with van der Waals surface area (Å²) >= 11 is 6.32. The summed E-state index contributed by atoms with van der Waals surface area (Å²) in [6.45, 7) is 5.29. The van der Waals surface area contributed by atoms with E-state index < -0.39 is 0 Å². The molecule has 2 atom stereocenters. The molecule has 0 aromatic rings. The highest BCUT2D eigenvalue weighted by molar-refractivity contribution is 6.21. The van der Waals surface area contributed by atoms with Crippen molar-refractivity contribution in [1.82, 2.24) is 4.90 Å². The number of halogens is 1. The number of likely N-dealkylation sites (tertiary alicyclic amines) is 1. The predicted octanol–water partition coefficient (Wildman–Crippen LogP) is 2.50. The summed E-state index contributed by atoms with van der Waals surface area (Å²) < 4.78 is 5.12. The Morgan fingerprint density at radius 3 is 2.93 bits per heavy atom. The van der Waals surface area contributed by atoms with Crippen LogP contribution in [0.15, 0.2) is 0 Å². The van der Waals surface area contributed by atoms with Gasteiger partial charge < -0.3 is 4.74 Å². The van der Waals surface area contributed by atoms with Crippen LogP contribution in [0.4, 0.5) is 0 Å². The molecule has 2 nitrogen and oxygen atoms in total. The summed E-state index contributed by atoms with van der Waals surface area (Å²) in [4.78, 5) is 2.53. The first-order valence-electron chi connectivity index (χ1n) is 5.66. The zero-order valence-corrected chi connectivity index (χ0v) is 10.1. The van der Waals surface area contributed by atoms with Crippen molar-refractivity contribution in [2.45, 2.75) is 44.0 Å². The van der Waals surface area contributed by atoms with Crippen molar-refractivity contribution in [1.29, 1.82) is 0 Å². The number of rotatable bonds is 5. The molecule has 1 aliphatic rings. The molecule has 2 unspecified atom stereocenters. The molecule has 14 heavy (non-hydrogen) atoms. The molecule has 0 aromatic heterocycles. The molecule has 0 aromatic carbocycles. The van der Waals surface area contributed by atoms with Crippen LogP contribution in [0.25, 0.3) is 0 Å². The minimum atomic E-state index is 0.159. The Balaban J connectivity index is 2.44. The third-order valence-electron chi connectivity index (χ3n) is 2.92. The molecule has 0 N–H and O–H groups in total. The molecule has 84 valence electrons. The van der Waals surface area contributed by atoms with Gasteiger partial charge in [-0.2, -0.15) is 0 Å². The second kappa shape index (κ2) is 6.65. The van der Waals surface area contributed by atoms with Gasteiger partial charge in [-0.15, -0.1) is 11.6 Å². The van der Waals surface area contributed by atoms with E-state index in [1.807, 2.05) is 0 Å². The summed E-state index contributed by atoms with van der Waals surface area (Å²) in [5, 5.41) is 0.159. The van der Waals surface area contributed by atoms with Gasteiger partial charge in [-0.05, 0) is 32.4 Å². The van der Waals surface area contributed by atoms with Gasteiger partial charge in [0.05, 0.1) is 12.0 Å². The first-order chi connectivity index (χ1) is 6.79. The highest BCUT2D eigenvalue weighted by Crippen LogP contribution is 2.23. The summed E-state index contributed by atoms with van der Waals surface area (Å²) in [5.41, 5.74) is 0. The molecule has 0 saturated carbocycles. The number of methoxy groups -OCH3 is 1. The first kappa shape index (κ1) is 12.3. The minimum absolute atomic E-state index is 0.159. The van der Waals surface area contributed by atoms with E-state index in [4.69, 9.17) is 16.3 Å². The second-order valence-electron chi connectivity index (χ2n) is 4.07. The fourth-order valence-corrected chi connectivity index (χ4v) is 2.67. The molecule has 0 bridgehead atoms. The molecule has 0 spiro atoms. The number of piperidine rings is 1. The molecule has 0 aliphatic carbocycles. The van der Waals surface area contributed by atoms with Crippen molar-refractivity contribution in [3.05, 3.63) is 0 Å². The lowest BCUT2D eigenvalue weighted by Crippen LogP contribution is -2.46. The fraction of sp³-hybridized carbons (Fsp3) is 1.00. The van der Waals surface area contributed by atoms with E-state index in [1.54, 1.807) is 7.11 Å². The Labute approximate surface area is 92.6 Å². The van der Waals surface area contributed by atoms with E-state index in [-0.39, 0.29) is 5.38 Å². The van der Waals surface area contributed by atoms with Gasteiger partial charge >= 0.3 is 0 Å². The standard InChI is InChI=1S/C11H22ClNO/c1-3-7-13-8-5-4-6-11(13)10(12)9-14-2/h10-11H,3-9H2,1-2H3. The Bertz CT molecular complexity index is 152. The molecule has 1 fully saturated rings. The van der Waals surface area contributed by atoms with Crippen LogP contribution in [0.2, 0.25) is 0 Å². The van der Waals surface area contributed by atoms with Gasteiger partial charge in [0.15, 0.2) is 0 Å². The van der Waals surface area contributed by atoms with Gasteiger partial charge in [-0.3, -0.25) is 4.90 Å². The normalized spacial score (nSPS) is 26.4. The van der Waals surface area contributed by atoms with E-state index in [0.717, 1.165) is 0 Å². The summed E-state index contributed by atoms with van der Waals surface area (Å²) in [7, 11) is 1.72. The Morgan fingerprint density at radius 2 is 2.29 bits per heavy atom. The quantitative estimate of drug-likeness (QED) is 0.659. The van der Waals surface area contributed by atoms with Gasteiger partial charge in [-0.1, -0.05) is 13.3 Å². The van der Waals surface area contributed by atoms with Crippen LogP contribution in [0.5, 0.6) is 0 Å². The van der Waals surface area contributed by atoms with E-state index in [0.29, 0.717) is 12.6 Å². The molecular formula is C11H22ClNO. The number of hydrogen-bond acceptors (Lipinski definition) is 2. The molecule has 3 heteroatoms. The highest BCUT2D eigenvalue weighted by Gasteiger charge is 2.27. The second-order valence-corrected chi connectivity index (χ2v) is 4.63. The van der Waals surface area contributed by atoms with Crippen LogP contribution < -0.4 is 0 Å². The molecule has 0 radical (unpaired) electrons. The third kappa shape index (κ3) is 3.41. The van der Waals surface area contributed by atoms with Gasteiger partial charge in [-0.25, -0.2) is 0 Å². The largest absolute Gasteiger partial charge is 0.383 e. The van der Waals surface area contributed by atoms with Crippen molar-refractivity contribution < 1.29 is 4.74 Å². The smallest absolute Gasteiger partial charge is 0.0724 e. The molecule has 1 aliphatic heterocycles. The van der Waals surface area contributed by atoms with Crippen LogP contribution in [0, 0.1) is 0 Å². The van der Waals surface area contributed by atoms with Gasteiger partial charge in [0, 0.05) is 13.2 Å². The number of ether oxygens (including phenoxy) is 1. The lowest BCUT2D eigenvalue weighted by Gasteiger charge is -2.37. The minimum Gasteiger partial charge on any atom is -0.383 e. The number of hydrogen-bond donors (Lipinski definition) is 0. The van der Waals surface area contributed by atoms with Crippen LogP contribution in [-0.2, 0) is 4.74 Å². The molecule has 1 rings (SSSR count). The Kier molecular flexibility index (Phi) is 5.83. The maximum atomic E-state index is 6.32. The van der Waals surface area contributed by atoms with Crippen molar-refractivity contribution in [3.63, 3.8) is 0 Å². The van der Waals surface area contributed by atoms with Crippen molar-refractivity contribution in [2.75, 3.05) is 26.8 Å². The number of alkyl halides is 1. The summed E-state index contributed by atoms with van der Waals surface area (Å²) in [5.74, 6) is 0. The Hall–Kier alpha value is 0.210. The summed E-state index contributed by atoms with van der Waals surface area (Å²) in [6.07, 6.45) is 5.09. The monoisotopic (exact) mass is 219 g/mol. The number of nitrogens with zero attached hydrogens (tertiary/aromatic N) is 1. The van der Waals surface area contributed by atoms with Crippen LogP contribution in [-0.4, -0.2) is 43.1 Å². The molecule has 1 heterocycles. The average Bonchev–Trinajstić information content (AvgIpc) is 2.19. The van der Waals surface area contributed by atoms with E-state index in [1.165, 1.54) is 38.8 Å². The first-order valence-corrected chi connectivity index (χ1v) is 6.10. The van der Waals surface area contributed by atoms with Crippen molar-refractivity contribution in [3.8, 4) is 0 Å². The van der Waals surface area contributed by atoms with Crippen molar-refractivity contribution >= 4 is 11.6 Å². The Morgan fingerprint density at radius 1 is 1.50 bits per heavy atom. The highest BCUT2D eigenvalue weighted by atomic mass is 35.5.